The molecule has 31 heavy (non-hydrogen) atoms. The van der Waals surface area contributed by atoms with Crippen LogP contribution in [0.2, 0.25) is 0 Å². The second-order valence-corrected chi connectivity index (χ2v) is 7.60. The van der Waals surface area contributed by atoms with E-state index in [1.807, 2.05) is 0 Å². The molecule has 1 aromatic heterocycles. The minimum Gasteiger partial charge on any atom is -0.466 e. The molecule has 1 aromatic carbocycles. The summed E-state index contributed by atoms with van der Waals surface area (Å²) in [4.78, 5) is 60.6. The van der Waals surface area contributed by atoms with Gasteiger partial charge < -0.3 is 9.47 Å². The Labute approximate surface area is 178 Å². The molecule has 1 fully saturated rings. The molecule has 9 heteroatoms. The maximum Gasteiger partial charge on any atom is 0.338 e. The van der Waals surface area contributed by atoms with Crippen LogP contribution in [0.15, 0.2) is 52.2 Å². The predicted octanol–water partition coefficient (Wildman–Crippen LogP) is 1.39. The van der Waals surface area contributed by atoms with Crippen LogP contribution in [-0.4, -0.2) is 40.2 Å². The Hall–Kier alpha value is -3.49. The Kier molecular flexibility index (Phi) is 6.84. The van der Waals surface area contributed by atoms with E-state index in [-0.39, 0.29) is 36.7 Å². The number of carbonyl (C=O) groups is 3. The summed E-state index contributed by atoms with van der Waals surface area (Å²) in [6.45, 7) is 2.89. The van der Waals surface area contributed by atoms with E-state index in [1.165, 1.54) is 42.8 Å². The highest BCUT2D eigenvalue weighted by Crippen LogP contribution is 2.39. The molecule has 1 aliphatic carbocycles. The van der Waals surface area contributed by atoms with Gasteiger partial charge in [0.2, 0.25) is 0 Å². The third-order valence-electron chi connectivity index (χ3n) is 5.45. The van der Waals surface area contributed by atoms with Crippen LogP contribution >= 0.6 is 0 Å². The molecule has 0 saturated heterocycles. The van der Waals surface area contributed by atoms with Crippen LogP contribution < -0.4 is 11.2 Å². The molecule has 9 nitrogen and oxygen atoms in total. The second kappa shape index (κ2) is 9.55. The summed E-state index contributed by atoms with van der Waals surface area (Å²) in [5, 5.41) is 0. The lowest BCUT2D eigenvalue weighted by molar-refractivity contribution is -0.146. The van der Waals surface area contributed by atoms with Crippen molar-refractivity contribution in [3.63, 3.8) is 0 Å². The fraction of sp³-hybridized carbons (Fsp3) is 0.409. The second-order valence-electron chi connectivity index (χ2n) is 7.60. The van der Waals surface area contributed by atoms with Crippen LogP contribution in [0.5, 0.6) is 0 Å². The molecule has 0 radical (unpaired) electrons. The Bertz CT molecular complexity index is 1060. The number of esters is 2. The van der Waals surface area contributed by atoms with Crippen LogP contribution in [-0.2, 0) is 19.1 Å². The normalized spacial score (nSPS) is 20.3. The maximum atomic E-state index is 13.1. The van der Waals surface area contributed by atoms with Crippen molar-refractivity contribution in [1.82, 2.24) is 9.13 Å². The first-order valence-electron chi connectivity index (χ1n) is 9.98. The highest BCUT2D eigenvalue weighted by molar-refractivity contribution is 5.95. The molecule has 0 bridgehead atoms. The summed E-state index contributed by atoms with van der Waals surface area (Å²) in [7, 11) is 0. The Morgan fingerprint density at radius 3 is 1.97 bits per heavy atom. The van der Waals surface area contributed by atoms with Crippen LogP contribution in [0.4, 0.5) is 0 Å². The molecule has 1 heterocycles. The van der Waals surface area contributed by atoms with E-state index in [4.69, 9.17) is 9.47 Å². The fourth-order valence-electron chi connectivity index (χ4n) is 3.93. The minimum atomic E-state index is -0.731. The predicted molar refractivity (Wildman–Crippen MR) is 110 cm³/mol. The topological polar surface area (TPSA) is 114 Å². The van der Waals surface area contributed by atoms with E-state index in [2.05, 4.69) is 0 Å². The van der Waals surface area contributed by atoms with Gasteiger partial charge in [0, 0.05) is 49.6 Å². The summed E-state index contributed by atoms with van der Waals surface area (Å²) in [5.41, 5.74) is -1.21. The summed E-state index contributed by atoms with van der Waals surface area (Å²) in [5.74, 6) is -1.81. The number of aromatic nitrogens is 2. The third kappa shape index (κ3) is 5.17. The zero-order valence-corrected chi connectivity index (χ0v) is 17.4. The molecule has 0 spiro atoms. The average Bonchev–Trinajstić information content (AvgIpc) is 3.14. The summed E-state index contributed by atoms with van der Waals surface area (Å²) < 4.78 is 12.3. The lowest BCUT2D eigenvalue weighted by Gasteiger charge is -2.18. The summed E-state index contributed by atoms with van der Waals surface area (Å²) in [6, 6.07) is 8.93. The third-order valence-corrected chi connectivity index (χ3v) is 5.45. The minimum absolute atomic E-state index is 0.134. The number of hydrogen-bond acceptors (Lipinski definition) is 7. The largest absolute Gasteiger partial charge is 0.466 e. The number of nitrogens with zero attached hydrogens (tertiary/aromatic N) is 2. The van der Waals surface area contributed by atoms with Crippen molar-refractivity contribution in [3.8, 4) is 0 Å². The van der Waals surface area contributed by atoms with Crippen molar-refractivity contribution >= 4 is 17.8 Å². The molecule has 164 valence electrons. The summed E-state index contributed by atoms with van der Waals surface area (Å²) >= 11 is 0. The van der Waals surface area contributed by atoms with Gasteiger partial charge in [0.05, 0.1) is 13.2 Å². The first-order valence-corrected chi connectivity index (χ1v) is 9.98. The van der Waals surface area contributed by atoms with E-state index in [1.54, 1.807) is 18.2 Å². The Morgan fingerprint density at radius 1 is 0.903 bits per heavy atom. The fourth-order valence-corrected chi connectivity index (χ4v) is 3.93. The highest BCUT2D eigenvalue weighted by atomic mass is 16.5. The lowest BCUT2D eigenvalue weighted by atomic mass is 9.98. The first-order chi connectivity index (χ1) is 14.8. The van der Waals surface area contributed by atoms with Gasteiger partial charge in [-0.2, -0.15) is 4.57 Å². The van der Waals surface area contributed by atoms with E-state index in [0.717, 1.165) is 0 Å². The van der Waals surface area contributed by atoms with Gasteiger partial charge >= 0.3 is 17.6 Å². The highest BCUT2D eigenvalue weighted by Gasteiger charge is 2.37. The van der Waals surface area contributed by atoms with Crippen LogP contribution in [0.1, 0.15) is 43.1 Å². The molecule has 0 aliphatic heterocycles. The number of ether oxygens (including phenoxy) is 2. The Morgan fingerprint density at radius 2 is 1.45 bits per heavy atom. The molecule has 1 unspecified atom stereocenters. The van der Waals surface area contributed by atoms with E-state index >= 15 is 0 Å². The average molecular weight is 428 g/mol. The van der Waals surface area contributed by atoms with Crippen molar-refractivity contribution in [2.75, 3.05) is 13.2 Å². The maximum absolute atomic E-state index is 13.1. The monoisotopic (exact) mass is 428 g/mol. The molecule has 1 aliphatic rings. The van der Waals surface area contributed by atoms with Crippen molar-refractivity contribution < 1.29 is 23.9 Å². The quantitative estimate of drug-likeness (QED) is 0.639. The van der Waals surface area contributed by atoms with Crippen molar-refractivity contribution in [1.29, 1.82) is 0 Å². The molecule has 3 atom stereocenters. The number of benzene rings is 1. The zero-order chi connectivity index (χ0) is 22.5. The van der Waals surface area contributed by atoms with Gasteiger partial charge in [-0.25, -0.2) is 4.79 Å². The van der Waals surface area contributed by atoms with E-state index in [0.29, 0.717) is 17.4 Å². The van der Waals surface area contributed by atoms with Gasteiger partial charge in [0.1, 0.15) is 0 Å². The van der Waals surface area contributed by atoms with E-state index < -0.39 is 29.1 Å². The first kappa shape index (κ1) is 22.2. The van der Waals surface area contributed by atoms with Gasteiger partial charge in [-0.05, 0) is 25.0 Å². The van der Waals surface area contributed by atoms with Crippen molar-refractivity contribution in [2.24, 2.45) is 11.8 Å². The molecule has 1 saturated carbocycles. The SMILES string of the molecule is CC(=O)OC[C@@H]1CC(n2ccc(=O)n(C(=O)c3ccccc3)c2=O)C[C@@H]1COC(C)=O. The molecular formula is C22H24N2O7. The lowest BCUT2D eigenvalue weighted by Crippen LogP contribution is -2.44. The van der Waals surface area contributed by atoms with Gasteiger partial charge in [-0.15, -0.1) is 0 Å². The van der Waals surface area contributed by atoms with Crippen LogP contribution in [0.3, 0.4) is 0 Å². The molecule has 0 N–H and O–H groups in total. The van der Waals surface area contributed by atoms with Gasteiger partial charge in [0.25, 0.3) is 11.5 Å². The van der Waals surface area contributed by atoms with Gasteiger partial charge in [-0.1, -0.05) is 18.2 Å². The zero-order valence-electron chi connectivity index (χ0n) is 17.4. The summed E-state index contributed by atoms with van der Waals surface area (Å²) in [6.07, 6.45) is 2.31. The van der Waals surface area contributed by atoms with Crippen LogP contribution in [0, 0.1) is 11.8 Å². The van der Waals surface area contributed by atoms with Gasteiger partial charge in [-0.3, -0.25) is 23.7 Å². The number of carbonyl (C=O) groups excluding carboxylic acids is 3. The molecule has 2 aromatic rings. The smallest absolute Gasteiger partial charge is 0.338 e. The molecular weight excluding hydrogens is 404 g/mol. The Balaban J connectivity index is 1.90. The van der Waals surface area contributed by atoms with Gasteiger partial charge in [0.15, 0.2) is 0 Å². The van der Waals surface area contributed by atoms with E-state index in [9.17, 15) is 24.0 Å². The number of hydrogen-bond donors (Lipinski definition) is 0. The van der Waals surface area contributed by atoms with Crippen LogP contribution in [0.25, 0.3) is 0 Å². The van der Waals surface area contributed by atoms with Crippen molar-refractivity contribution in [2.45, 2.75) is 32.7 Å². The molecule has 0 amide bonds. The molecule has 3 rings (SSSR count). The number of rotatable bonds is 6. The van der Waals surface area contributed by atoms with Crippen molar-refractivity contribution in [3.05, 3.63) is 69.0 Å². The standard InChI is InChI=1S/C22H24N2O7/c1-14(25)30-12-17-10-19(11-18(17)13-31-15(2)26)23-9-8-20(27)24(22(23)29)21(28)16-6-4-3-5-7-16/h3-9,17-19H,10-13H2,1-2H3/t17-,18+,19?.